The summed E-state index contributed by atoms with van der Waals surface area (Å²) in [4.78, 5) is 10.4. The van der Waals surface area contributed by atoms with Gasteiger partial charge in [-0.25, -0.2) is 5.01 Å². The molecule has 0 spiro atoms. The van der Waals surface area contributed by atoms with Crippen LogP contribution in [-0.2, 0) is 0 Å². The van der Waals surface area contributed by atoms with Gasteiger partial charge >= 0.3 is 0 Å². The summed E-state index contributed by atoms with van der Waals surface area (Å²) in [5, 5.41) is 1.65. The summed E-state index contributed by atoms with van der Waals surface area (Å²) in [5.74, 6) is 0. The predicted octanol–water partition coefficient (Wildman–Crippen LogP) is 1.03. The Morgan fingerprint density at radius 1 is 1.30 bits per heavy atom. The highest BCUT2D eigenvalue weighted by molar-refractivity contribution is 7.96. The maximum Gasteiger partial charge on any atom is 0.290 e. The average Bonchev–Trinajstić information content (AvgIpc) is 1.88. The van der Waals surface area contributed by atoms with Crippen molar-refractivity contribution < 1.29 is 4.79 Å². The monoisotopic (exact) mass is 160 g/mol. The summed E-state index contributed by atoms with van der Waals surface area (Å²) in [5.41, 5.74) is 2.64. The fourth-order valence-electron chi connectivity index (χ4n) is 1.14. The number of carbonyl (C=O) groups excluding carboxylic acids is 1. The van der Waals surface area contributed by atoms with Gasteiger partial charge in [0.25, 0.3) is 5.24 Å². The molecule has 1 N–H and O–H groups in total. The van der Waals surface area contributed by atoms with E-state index in [2.05, 4.69) is 18.1 Å². The minimum Gasteiger partial charge on any atom is -0.280 e. The summed E-state index contributed by atoms with van der Waals surface area (Å²) >= 11 is 3.62. The van der Waals surface area contributed by atoms with Crippen LogP contribution in [0.25, 0.3) is 0 Å². The van der Waals surface area contributed by atoms with E-state index in [9.17, 15) is 4.79 Å². The zero-order valence-electron chi connectivity index (χ0n) is 5.84. The molecule has 1 saturated heterocycles. The van der Waals surface area contributed by atoms with Gasteiger partial charge in [-0.05, 0) is 12.8 Å². The highest BCUT2D eigenvalue weighted by atomic mass is 32.1. The standard InChI is InChI=1S/C6H12N2OS/c9-6(10)7-8-4-2-1-3-5-8/h1-5H2,(H2,7,9,10). The second-order valence-electron chi connectivity index (χ2n) is 2.46. The van der Waals surface area contributed by atoms with Crippen LogP contribution in [0.1, 0.15) is 19.3 Å². The third-order valence-corrected chi connectivity index (χ3v) is 1.71. The lowest BCUT2D eigenvalue weighted by atomic mass is 10.2. The highest BCUT2D eigenvalue weighted by Crippen LogP contribution is 2.05. The normalized spacial score (nSPS) is 20.5. The van der Waals surface area contributed by atoms with E-state index in [1.165, 1.54) is 19.3 Å². The van der Waals surface area contributed by atoms with E-state index in [-0.39, 0.29) is 5.24 Å². The van der Waals surface area contributed by atoms with E-state index in [0.29, 0.717) is 0 Å². The van der Waals surface area contributed by atoms with E-state index in [1.807, 2.05) is 5.01 Å². The smallest absolute Gasteiger partial charge is 0.280 e. The van der Waals surface area contributed by atoms with Crippen LogP contribution < -0.4 is 5.43 Å². The van der Waals surface area contributed by atoms with E-state index in [0.717, 1.165) is 13.1 Å². The molecule has 0 aromatic heterocycles. The third kappa shape index (κ3) is 2.58. The molecule has 10 heavy (non-hydrogen) atoms. The Bertz CT molecular complexity index is 123. The molecule has 4 heteroatoms. The highest BCUT2D eigenvalue weighted by Gasteiger charge is 2.09. The second-order valence-corrected chi connectivity index (χ2v) is 2.87. The Balaban J connectivity index is 2.19. The van der Waals surface area contributed by atoms with E-state index in [4.69, 9.17) is 0 Å². The van der Waals surface area contributed by atoms with E-state index >= 15 is 0 Å². The topological polar surface area (TPSA) is 32.3 Å². The van der Waals surface area contributed by atoms with E-state index in [1.54, 1.807) is 0 Å². The first-order chi connectivity index (χ1) is 4.79. The zero-order valence-corrected chi connectivity index (χ0v) is 6.73. The van der Waals surface area contributed by atoms with Gasteiger partial charge in [-0.2, -0.15) is 0 Å². The van der Waals surface area contributed by atoms with Gasteiger partial charge in [0.15, 0.2) is 0 Å². The van der Waals surface area contributed by atoms with Gasteiger partial charge in [0.05, 0.1) is 0 Å². The molecule has 0 unspecified atom stereocenters. The minimum atomic E-state index is -0.262. The number of nitrogens with zero attached hydrogens (tertiary/aromatic N) is 1. The lowest BCUT2D eigenvalue weighted by molar-refractivity contribution is 0.168. The van der Waals surface area contributed by atoms with Crippen molar-refractivity contribution in [1.29, 1.82) is 0 Å². The van der Waals surface area contributed by atoms with Crippen LogP contribution in [0, 0.1) is 0 Å². The molecule has 1 amide bonds. The summed E-state index contributed by atoms with van der Waals surface area (Å²) in [6.45, 7) is 1.93. The molecule has 1 fully saturated rings. The number of rotatable bonds is 1. The molecule has 1 aliphatic rings. The largest absolute Gasteiger partial charge is 0.290 e. The lowest BCUT2D eigenvalue weighted by Crippen LogP contribution is -2.42. The van der Waals surface area contributed by atoms with Crippen LogP contribution in [0.2, 0.25) is 0 Å². The van der Waals surface area contributed by atoms with Crippen molar-refractivity contribution in [2.45, 2.75) is 19.3 Å². The number of amides is 1. The van der Waals surface area contributed by atoms with Gasteiger partial charge in [0.1, 0.15) is 0 Å². The molecule has 3 nitrogen and oxygen atoms in total. The number of carbonyl (C=O) groups is 1. The van der Waals surface area contributed by atoms with Gasteiger partial charge in [0, 0.05) is 13.1 Å². The van der Waals surface area contributed by atoms with Crippen LogP contribution in [0.3, 0.4) is 0 Å². The van der Waals surface area contributed by atoms with Crippen LogP contribution >= 0.6 is 12.6 Å². The molecule has 0 atom stereocenters. The van der Waals surface area contributed by atoms with Crippen LogP contribution in [-0.4, -0.2) is 23.3 Å². The molecular weight excluding hydrogens is 148 g/mol. The molecule has 0 radical (unpaired) electrons. The van der Waals surface area contributed by atoms with Crippen molar-refractivity contribution in [2.24, 2.45) is 0 Å². The van der Waals surface area contributed by atoms with Gasteiger partial charge in [-0.15, -0.1) is 0 Å². The third-order valence-electron chi connectivity index (χ3n) is 1.61. The summed E-state index contributed by atoms with van der Waals surface area (Å²) in [6, 6.07) is 0. The average molecular weight is 160 g/mol. The van der Waals surface area contributed by atoms with Crippen molar-refractivity contribution in [3.05, 3.63) is 0 Å². The maximum atomic E-state index is 10.4. The lowest BCUT2D eigenvalue weighted by Gasteiger charge is -2.25. The quantitative estimate of drug-likeness (QED) is 0.561. The summed E-state index contributed by atoms with van der Waals surface area (Å²) in [7, 11) is 0. The molecule has 0 aromatic carbocycles. The Hall–Kier alpha value is -0.220. The molecule has 1 rings (SSSR count). The minimum absolute atomic E-state index is 0.262. The number of hydrogen-bond donors (Lipinski definition) is 2. The first-order valence-electron chi connectivity index (χ1n) is 3.53. The van der Waals surface area contributed by atoms with Gasteiger partial charge in [0.2, 0.25) is 0 Å². The SMILES string of the molecule is O=C(S)NN1CCCCC1. The number of piperidine rings is 1. The molecule has 0 bridgehead atoms. The van der Waals surface area contributed by atoms with Gasteiger partial charge in [-0.3, -0.25) is 10.2 Å². The van der Waals surface area contributed by atoms with Gasteiger partial charge in [-0.1, -0.05) is 19.0 Å². The zero-order chi connectivity index (χ0) is 7.40. The number of nitrogens with one attached hydrogen (secondary N) is 1. The molecule has 1 aliphatic heterocycles. The molecule has 0 aromatic rings. The van der Waals surface area contributed by atoms with Crippen molar-refractivity contribution in [1.82, 2.24) is 10.4 Å². The Morgan fingerprint density at radius 2 is 1.90 bits per heavy atom. The van der Waals surface area contributed by atoms with Crippen molar-refractivity contribution >= 4 is 17.9 Å². The Morgan fingerprint density at radius 3 is 2.40 bits per heavy atom. The first kappa shape index (κ1) is 7.88. The van der Waals surface area contributed by atoms with Crippen LogP contribution in [0.5, 0.6) is 0 Å². The summed E-state index contributed by atoms with van der Waals surface area (Å²) in [6.07, 6.45) is 3.63. The number of hydrogen-bond acceptors (Lipinski definition) is 2. The molecule has 0 aliphatic carbocycles. The fraction of sp³-hybridized carbons (Fsp3) is 0.833. The van der Waals surface area contributed by atoms with E-state index < -0.39 is 0 Å². The van der Waals surface area contributed by atoms with Crippen molar-refractivity contribution in [3.63, 3.8) is 0 Å². The Labute approximate surface area is 66.2 Å². The first-order valence-corrected chi connectivity index (χ1v) is 3.98. The number of thiol groups is 1. The van der Waals surface area contributed by atoms with Crippen molar-refractivity contribution in [2.75, 3.05) is 13.1 Å². The maximum absolute atomic E-state index is 10.4. The van der Waals surface area contributed by atoms with Gasteiger partial charge < -0.3 is 0 Å². The molecular formula is C6H12N2OS. The van der Waals surface area contributed by atoms with Crippen molar-refractivity contribution in [3.8, 4) is 0 Å². The molecule has 1 heterocycles. The van der Waals surface area contributed by atoms with Crippen LogP contribution in [0.4, 0.5) is 4.79 Å². The van der Waals surface area contributed by atoms with Crippen LogP contribution in [0.15, 0.2) is 0 Å². The molecule has 58 valence electrons. The fourth-order valence-corrected chi connectivity index (χ4v) is 1.28. The molecule has 0 saturated carbocycles. The number of hydrazine groups is 1. The predicted molar refractivity (Wildman–Crippen MR) is 42.9 cm³/mol. The second kappa shape index (κ2) is 3.83. The Kier molecular flexibility index (Phi) is 3.02. The summed E-state index contributed by atoms with van der Waals surface area (Å²) < 4.78 is 0.